The lowest BCUT2D eigenvalue weighted by Crippen LogP contribution is -2.43. The summed E-state index contributed by atoms with van der Waals surface area (Å²) in [5.74, 6) is -0.732. The smallest absolute Gasteiger partial charge is 0.315 e. The highest BCUT2D eigenvalue weighted by Gasteiger charge is 2.34. The van der Waals surface area contributed by atoms with Crippen LogP contribution in [0.3, 0.4) is 0 Å². The van der Waals surface area contributed by atoms with Gasteiger partial charge in [-0.05, 0) is 48.7 Å². The summed E-state index contributed by atoms with van der Waals surface area (Å²) in [5, 5.41) is 17.8. The first-order valence-corrected chi connectivity index (χ1v) is 11.3. The summed E-state index contributed by atoms with van der Waals surface area (Å²) in [6.45, 7) is 0.373. The number of piperidine rings is 1. The van der Waals surface area contributed by atoms with Crippen molar-refractivity contribution >= 4 is 22.1 Å². The first-order chi connectivity index (χ1) is 15.4. The molecule has 1 aliphatic heterocycles. The number of nitriles is 2. The number of hydrogen-bond donors (Lipinski definition) is 0. The van der Waals surface area contributed by atoms with Crippen LogP contribution in [-0.2, 0) is 14.8 Å². The molecule has 0 radical (unpaired) electrons. The molecule has 1 heterocycles. The number of carbonyl (C=O) groups is 1. The minimum absolute atomic E-state index is 0.0346. The van der Waals surface area contributed by atoms with Crippen LogP contribution in [0.15, 0.2) is 59.0 Å². The highest BCUT2D eigenvalue weighted by Crippen LogP contribution is 2.31. The second-order valence-corrected chi connectivity index (χ2v) is 9.07. The number of benzene rings is 2. The molecule has 1 atom stereocenters. The molecule has 1 saturated heterocycles. The number of rotatable bonds is 6. The lowest BCUT2D eigenvalue weighted by atomic mass is 10.00. The maximum atomic E-state index is 12.9. The number of hydrogen-bond acceptors (Lipinski definition) is 7. The second kappa shape index (κ2) is 10.1. The van der Waals surface area contributed by atoms with Gasteiger partial charge in [0.1, 0.15) is 17.7 Å². The fourth-order valence-corrected chi connectivity index (χ4v) is 4.95. The molecule has 0 aliphatic carbocycles. The van der Waals surface area contributed by atoms with Gasteiger partial charge >= 0.3 is 5.97 Å². The maximum absolute atomic E-state index is 12.9. The van der Waals surface area contributed by atoms with Crippen LogP contribution >= 0.6 is 0 Å². The van der Waals surface area contributed by atoms with Crippen LogP contribution in [0.4, 0.5) is 0 Å². The molecule has 0 spiro atoms. The molecule has 3 rings (SSSR count). The summed E-state index contributed by atoms with van der Waals surface area (Å²) in [7, 11) is -2.29. The van der Waals surface area contributed by atoms with Gasteiger partial charge in [-0.2, -0.15) is 14.8 Å². The molecule has 8 nitrogen and oxygen atoms in total. The van der Waals surface area contributed by atoms with Gasteiger partial charge in [0.2, 0.25) is 10.0 Å². The highest BCUT2D eigenvalue weighted by molar-refractivity contribution is 7.89. The number of methoxy groups -OCH3 is 1. The monoisotopic (exact) mass is 451 g/mol. The Balaban J connectivity index is 1.75. The Bertz CT molecular complexity index is 1190. The summed E-state index contributed by atoms with van der Waals surface area (Å²) < 4.78 is 37.9. The highest BCUT2D eigenvalue weighted by atomic mass is 32.2. The third-order valence-corrected chi connectivity index (χ3v) is 6.93. The van der Waals surface area contributed by atoms with Gasteiger partial charge in [-0.1, -0.05) is 24.3 Å². The van der Waals surface area contributed by atoms with Crippen LogP contribution in [0.1, 0.15) is 18.4 Å². The standard InChI is InChI=1S/C23H21N3O5S/c1-30-22-13-17(12-18(14-24)15-25)9-10-21(22)31-23(27)19-6-5-11-26(16-19)32(28,29)20-7-3-2-4-8-20/h2-4,7-10,12-13,19H,5-6,11,16H2,1H3. The van der Waals surface area contributed by atoms with Crippen molar-refractivity contribution in [3.05, 3.63) is 59.7 Å². The van der Waals surface area contributed by atoms with E-state index in [0.717, 1.165) is 0 Å². The molecule has 2 aromatic carbocycles. The molecule has 0 N–H and O–H groups in total. The lowest BCUT2D eigenvalue weighted by Gasteiger charge is -2.30. The number of ether oxygens (including phenoxy) is 2. The first-order valence-electron chi connectivity index (χ1n) is 9.86. The van der Waals surface area contributed by atoms with E-state index in [1.807, 2.05) is 0 Å². The minimum atomic E-state index is -3.69. The van der Waals surface area contributed by atoms with Crippen LogP contribution < -0.4 is 9.47 Å². The van der Waals surface area contributed by atoms with E-state index in [0.29, 0.717) is 24.9 Å². The van der Waals surface area contributed by atoms with Gasteiger partial charge in [-0.25, -0.2) is 8.42 Å². The number of carbonyl (C=O) groups excluding carboxylic acids is 1. The molecular formula is C23H21N3O5S. The minimum Gasteiger partial charge on any atom is -0.493 e. The van der Waals surface area contributed by atoms with E-state index in [1.165, 1.54) is 35.7 Å². The van der Waals surface area contributed by atoms with E-state index in [-0.39, 0.29) is 28.5 Å². The predicted molar refractivity (Wildman–Crippen MR) is 116 cm³/mol. The average Bonchev–Trinajstić information content (AvgIpc) is 2.83. The Kier molecular flexibility index (Phi) is 7.26. The third kappa shape index (κ3) is 5.14. The van der Waals surface area contributed by atoms with Gasteiger partial charge in [0, 0.05) is 13.1 Å². The van der Waals surface area contributed by atoms with Gasteiger partial charge in [0.15, 0.2) is 11.5 Å². The Morgan fingerprint density at radius 3 is 2.50 bits per heavy atom. The van der Waals surface area contributed by atoms with Crippen molar-refractivity contribution in [2.45, 2.75) is 17.7 Å². The van der Waals surface area contributed by atoms with E-state index in [9.17, 15) is 13.2 Å². The quantitative estimate of drug-likeness (QED) is 0.376. The summed E-state index contributed by atoms with van der Waals surface area (Å²) in [5.41, 5.74) is 0.469. The normalized spacial score (nSPS) is 16.3. The molecule has 0 aromatic heterocycles. The van der Waals surface area contributed by atoms with Crippen molar-refractivity contribution in [3.8, 4) is 23.6 Å². The van der Waals surface area contributed by atoms with E-state index in [4.69, 9.17) is 20.0 Å². The van der Waals surface area contributed by atoms with E-state index >= 15 is 0 Å². The molecule has 9 heteroatoms. The molecule has 164 valence electrons. The molecule has 32 heavy (non-hydrogen) atoms. The number of sulfonamides is 1. The SMILES string of the molecule is COc1cc(C=C(C#N)C#N)ccc1OC(=O)C1CCCN(S(=O)(=O)c2ccccc2)C1. The van der Waals surface area contributed by atoms with Gasteiger partial charge in [-0.15, -0.1) is 0 Å². The number of nitrogens with zero attached hydrogens (tertiary/aromatic N) is 3. The van der Waals surface area contributed by atoms with Gasteiger partial charge in [0.05, 0.1) is 17.9 Å². The maximum Gasteiger partial charge on any atom is 0.315 e. The summed E-state index contributed by atoms with van der Waals surface area (Å²) in [6.07, 6.45) is 2.44. The molecule has 2 aromatic rings. The van der Waals surface area contributed by atoms with Crippen LogP contribution in [-0.4, -0.2) is 38.9 Å². The zero-order valence-electron chi connectivity index (χ0n) is 17.4. The van der Waals surface area contributed by atoms with E-state index in [2.05, 4.69) is 0 Å². The van der Waals surface area contributed by atoms with Crippen LogP contribution in [0, 0.1) is 28.6 Å². The summed E-state index contributed by atoms with van der Waals surface area (Å²) in [4.78, 5) is 13.0. The van der Waals surface area contributed by atoms with Crippen LogP contribution in [0.25, 0.3) is 6.08 Å². The van der Waals surface area contributed by atoms with Gasteiger partial charge in [0.25, 0.3) is 0 Å². The fourth-order valence-electron chi connectivity index (χ4n) is 3.40. The molecule has 1 aliphatic rings. The van der Waals surface area contributed by atoms with E-state index < -0.39 is 21.9 Å². The zero-order valence-corrected chi connectivity index (χ0v) is 18.2. The van der Waals surface area contributed by atoms with Crippen molar-refractivity contribution in [2.75, 3.05) is 20.2 Å². The van der Waals surface area contributed by atoms with Crippen molar-refractivity contribution < 1.29 is 22.7 Å². The van der Waals surface area contributed by atoms with Crippen molar-refractivity contribution in [1.82, 2.24) is 4.31 Å². The zero-order chi connectivity index (χ0) is 23.1. The Labute approximate surface area is 187 Å². The largest absolute Gasteiger partial charge is 0.493 e. The van der Waals surface area contributed by atoms with Crippen molar-refractivity contribution in [2.24, 2.45) is 5.92 Å². The Morgan fingerprint density at radius 1 is 1.12 bits per heavy atom. The summed E-state index contributed by atoms with van der Waals surface area (Å²) in [6, 6.07) is 16.3. The van der Waals surface area contributed by atoms with E-state index in [1.54, 1.807) is 42.5 Å². The van der Waals surface area contributed by atoms with Crippen LogP contribution in [0.2, 0.25) is 0 Å². The molecule has 1 unspecified atom stereocenters. The summed E-state index contributed by atoms with van der Waals surface area (Å²) >= 11 is 0. The van der Waals surface area contributed by atoms with Gasteiger partial charge < -0.3 is 9.47 Å². The Morgan fingerprint density at radius 2 is 1.84 bits per heavy atom. The molecular weight excluding hydrogens is 430 g/mol. The molecule has 0 amide bonds. The average molecular weight is 452 g/mol. The third-order valence-electron chi connectivity index (χ3n) is 5.05. The van der Waals surface area contributed by atoms with Crippen molar-refractivity contribution in [3.63, 3.8) is 0 Å². The molecule has 0 bridgehead atoms. The first kappa shape index (κ1) is 23.0. The topological polar surface area (TPSA) is 120 Å². The van der Waals surface area contributed by atoms with Crippen LogP contribution in [0.5, 0.6) is 11.5 Å². The number of esters is 1. The second-order valence-electron chi connectivity index (χ2n) is 7.13. The molecule has 1 fully saturated rings. The fraction of sp³-hybridized carbons (Fsp3) is 0.261. The lowest BCUT2D eigenvalue weighted by molar-refractivity contribution is -0.140. The predicted octanol–water partition coefficient (Wildman–Crippen LogP) is 3.13. The Hall–Kier alpha value is -3.66. The van der Waals surface area contributed by atoms with Gasteiger partial charge in [-0.3, -0.25) is 4.79 Å². The van der Waals surface area contributed by atoms with Crippen molar-refractivity contribution in [1.29, 1.82) is 10.5 Å². The number of allylic oxidation sites excluding steroid dienone is 1. The molecule has 0 saturated carbocycles.